The Kier molecular flexibility index (Phi) is 4.02. The highest BCUT2D eigenvalue weighted by Gasteiger charge is 2.18. The molecule has 0 aliphatic heterocycles. The van der Waals surface area contributed by atoms with E-state index in [0.29, 0.717) is 22.7 Å². The first-order chi connectivity index (χ1) is 9.71. The number of aryl methyl sites for hydroxylation is 2. The van der Waals surface area contributed by atoms with E-state index in [9.17, 15) is 8.42 Å². The fourth-order valence-corrected chi connectivity index (χ4v) is 3.03. The van der Waals surface area contributed by atoms with E-state index in [1.54, 1.807) is 24.7 Å². The molecule has 1 aromatic carbocycles. The van der Waals surface area contributed by atoms with Crippen LogP contribution in [0.1, 0.15) is 22.5 Å². The molecule has 0 unspecified atom stereocenters. The first-order valence-electron chi connectivity index (χ1n) is 6.31. The third-order valence-electron chi connectivity index (χ3n) is 3.44. The second kappa shape index (κ2) is 5.45. The lowest BCUT2D eigenvalue weighted by molar-refractivity contribution is 0.287. The van der Waals surface area contributed by atoms with Gasteiger partial charge in [-0.15, -0.1) is 10.2 Å². The molecule has 0 atom stereocenters. The van der Waals surface area contributed by atoms with Gasteiger partial charge < -0.3 is 9.30 Å². The number of sulfonamides is 1. The molecule has 21 heavy (non-hydrogen) atoms. The predicted octanol–water partition coefficient (Wildman–Crippen LogP) is 0.967. The van der Waals surface area contributed by atoms with Gasteiger partial charge in [-0.3, -0.25) is 0 Å². The van der Waals surface area contributed by atoms with Crippen LogP contribution in [0.4, 0.5) is 0 Å². The van der Waals surface area contributed by atoms with Crippen molar-refractivity contribution < 1.29 is 13.2 Å². The second-order valence-electron chi connectivity index (χ2n) is 4.96. The molecule has 0 saturated heterocycles. The summed E-state index contributed by atoms with van der Waals surface area (Å²) in [5.74, 6) is 1.32. The molecule has 0 spiro atoms. The van der Waals surface area contributed by atoms with Crippen molar-refractivity contribution in [2.24, 2.45) is 12.2 Å². The van der Waals surface area contributed by atoms with Gasteiger partial charge in [0.1, 0.15) is 18.7 Å². The minimum Gasteiger partial charge on any atom is -0.485 e. The molecule has 2 rings (SSSR count). The van der Waals surface area contributed by atoms with Gasteiger partial charge in [0.15, 0.2) is 5.82 Å². The normalized spacial score (nSPS) is 11.7. The number of nitrogens with two attached hydrogens (primary N) is 1. The summed E-state index contributed by atoms with van der Waals surface area (Å²) < 4.78 is 30.7. The minimum atomic E-state index is -3.74. The van der Waals surface area contributed by atoms with E-state index < -0.39 is 10.0 Å². The Morgan fingerprint density at radius 3 is 2.48 bits per heavy atom. The molecule has 0 amide bonds. The number of aromatic nitrogens is 3. The molecule has 1 aromatic heterocycles. The van der Waals surface area contributed by atoms with E-state index in [4.69, 9.17) is 9.88 Å². The number of primary sulfonamides is 1. The number of nitrogens with zero attached hydrogens (tertiary/aromatic N) is 3. The van der Waals surface area contributed by atoms with Crippen molar-refractivity contribution in [1.29, 1.82) is 0 Å². The van der Waals surface area contributed by atoms with Crippen molar-refractivity contribution in [2.45, 2.75) is 32.3 Å². The Morgan fingerprint density at radius 2 is 1.95 bits per heavy atom. The van der Waals surface area contributed by atoms with Crippen LogP contribution in [0, 0.1) is 20.8 Å². The Balaban J connectivity index is 2.38. The van der Waals surface area contributed by atoms with Crippen LogP contribution in [0.3, 0.4) is 0 Å². The Morgan fingerprint density at radius 1 is 1.29 bits per heavy atom. The van der Waals surface area contributed by atoms with Crippen molar-refractivity contribution in [1.82, 2.24) is 14.8 Å². The Labute approximate surface area is 123 Å². The highest BCUT2D eigenvalue weighted by molar-refractivity contribution is 7.89. The van der Waals surface area contributed by atoms with Crippen LogP contribution in [-0.4, -0.2) is 23.2 Å². The molecule has 2 N–H and O–H groups in total. The van der Waals surface area contributed by atoms with Crippen molar-refractivity contribution in [3.8, 4) is 5.75 Å². The third-order valence-corrected chi connectivity index (χ3v) is 4.47. The molecular formula is C13H18N4O3S. The number of rotatable bonds is 4. The fraction of sp³-hybridized carbons (Fsp3) is 0.385. The van der Waals surface area contributed by atoms with Crippen LogP contribution in [0.5, 0.6) is 5.75 Å². The van der Waals surface area contributed by atoms with E-state index in [2.05, 4.69) is 10.2 Å². The molecule has 8 heteroatoms. The van der Waals surface area contributed by atoms with Gasteiger partial charge in [-0.25, -0.2) is 13.6 Å². The van der Waals surface area contributed by atoms with Crippen molar-refractivity contribution in [3.05, 3.63) is 34.9 Å². The number of hydrogen-bond donors (Lipinski definition) is 1. The van der Waals surface area contributed by atoms with Crippen LogP contribution < -0.4 is 9.88 Å². The van der Waals surface area contributed by atoms with Gasteiger partial charge in [-0.2, -0.15) is 0 Å². The molecule has 1 heterocycles. The molecular weight excluding hydrogens is 292 g/mol. The van der Waals surface area contributed by atoms with Crippen LogP contribution >= 0.6 is 0 Å². The van der Waals surface area contributed by atoms with Gasteiger partial charge in [0.05, 0.1) is 4.90 Å². The lowest BCUT2D eigenvalue weighted by Gasteiger charge is -2.16. The van der Waals surface area contributed by atoms with Crippen LogP contribution in [0.2, 0.25) is 0 Å². The smallest absolute Gasteiger partial charge is 0.238 e. The van der Waals surface area contributed by atoms with Gasteiger partial charge in [0.2, 0.25) is 10.0 Å². The predicted molar refractivity (Wildman–Crippen MR) is 77.4 cm³/mol. The molecule has 114 valence electrons. The molecule has 7 nitrogen and oxygen atoms in total. The van der Waals surface area contributed by atoms with E-state index in [1.807, 2.05) is 14.0 Å². The Bertz CT molecular complexity index is 781. The highest BCUT2D eigenvalue weighted by atomic mass is 32.2. The van der Waals surface area contributed by atoms with Crippen LogP contribution in [0.25, 0.3) is 0 Å². The number of ether oxygens (including phenoxy) is 1. The maximum atomic E-state index is 11.6. The zero-order chi connectivity index (χ0) is 15.8. The summed E-state index contributed by atoms with van der Waals surface area (Å²) >= 11 is 0. The molecule has 0 saturated carbocycles. The molecule has 0 aliphatic rings. The largest absolute Gasteiger partial charge is 0.485 e. The van der Waals surface area contributed by atoms with Crippen LogP contribution in [-0.2, 0) is 23.7 Å². The zero-order valence-electron chi connectivity index (χ0n) is 12.4. The summed E-state index contributed by atoms with van der Waals surface area (Å²) in [6.45, 7) is 5.56. The highest BCUT2D eigenvalue weighted by Crippen LogP contribution is 2.31. The summed E-state index contributed by atoms with van der Waals surface area (Å²) in [7, 11) is -1.92. The number of benzene rings is 1. The summed E-state index contributed by atoms with van der Waals surface area (Å²) in [6.07, 6.45) is 1.59. The van der Waals surface area contributed by atoms with Crippen LogP contribution in [0.15, 0.2) is 17.3 Å². The molecule has 0 bridgehead atoms. The Hall–Kier alpha value is -1.93. The van der Waals surface area contributed by atoms with E-state index in [-0.39, 0.29) is 11.5 Å². The molecule has 0 radical (unpaired) electrons. The quantitative estimate of drug-likeness (QED) is 0.907. The third kappa shape index (κ3) is 3.06. The maximum Gasteiger partial charge on any atom is 0.238 e. The van der Waals surface area contributed by atoms with Crippen molar-refractivity contribution >= 4 is 10.0 Å². The van der Waals surface area contributed by atoms with Crippen molar-refractivity contribution in [2.75, 3.05) is 0 Å². The monoisotopic (exact) mass is 310 g/mol. The fourth-order valence-electron chi connectivity index (χ4n) is 2.11. The van der Waals surface area contributed by atoms with Gasteiger partial charge >= 0.3 is 0 Å². The summed E-state index contributed by atoms with van der Waals surface area (Å²) in [4.78, 5) is 0.128. The van der Waals surface area contributed by atoms with Crippen molar-refractivity contribution in [3.63, 3.8) is 0 Å². The van der Waals surface area contributed by atoms with E-state index in [0.717, 1.165) is 5.56 Å². The molecule has 0 aliphatic carbocycles. The summed E-state index contributed by atoms with van der Waals surface area (Å²) in [6, 6.07) is 1.53. The lowest BCUT2D eigenvalue weighted by Crippen LogP contribution is -2.15. The SMILES string of the molecule is Cc1cc(S(N)(=O)=O)c(C)c(C)c1OCc1nncn1C. The van der Waals surface area contributed by atoms with Gasteiger partial charge in [0.25, 0.3) is 0 Å². The summed E-state index contributed by atoms with van der Waals surface area (Å²) in [5, 5.41) is 12.9. The first-order valence-corrected chi connectivity index (χ1v) is 7.85. The lowest BCUT2D eigenvalue weighted by atomic mass is 10.1. The number of hydrogen-bond acceptors (Lipinski definition) is 5. The van der Waals surface area contributed by atoms with Gasteiger partial charge in [-0.05, 0) is 43.5 Å². The second-order valence-corrected chi connectivity index (χ2v) is 6.49. The average molecular weight is 310 g/mol. The standard InChI is InChI=1S/C13H18N4O3S/c1-8-5-11(21(14,18)19)9(2)10(3)13(8)20-6-12-16-15-7-17(12)4/h5,7H,6H2,1-4H3,(H2,14,18,19). The maximum absolute atomic E-state index is 11.6. The molecule has 0 fully saturated rings. The topological polar surface area (TPSA) is 100 Å². The average Bonchev–Trinajstić information content (AvgIpc) is 2.78. The van der Waals surface area contributed by atoms with Gasteiger partial charge in [0, 0.05) is 7.05 Å². The minimum absolute atomic E-state index is 0.128. The van der Waals surface area contributed by atoms with Gasteiger partial charge in [-0.1, -0.05) is 0 Å². The van der Waals surface area contributed by atoms with E-state index >= 15 is 0 Å². The van der Waals surface area contributed by atoms with E-state index in [1.165, 1.54) is 6.07 Å². The first kappa shape index (κ1) is 15.5. The summed E-state index contributed by atoms with van der Waals surface area (Å²) in [5.41, 5.74) is 2.06. The molecule has 2 aromatic rings. The zero-order valence-corrected chi connectivity index (χ0v) is 13.2.